The van der Waals surface area contributed by atoms with Gasteiger partial charge in [0.25, 0.3) is 0 Å². The van der Waals surface area contributed by atoms with Crippen molar-refractivity contribution >= 4 is 17.6 Å². The van der Waals surface area contributed by atoms with Crippen molar-refractivity contribution in [3.63, 3.8) is 0 Å². The molecule has 0 saturated heterocycles. The largest absolute Gasteiger partial charge is 0.466 e. The van der Waals surface area contributed by atoms with Crippen molar-refractivity contribution in [1.29, 1.82) is 0 Å². The predicted molar refractivity (Wildman–Crippen MR) is 111 cm³/mol. The molecule has 28 heavy (non-hydrogen) atoms. The SMILES string of the molecule is CCNC(=NCc1cccc(NC(C)=O)c1)NCC(C)(O)c1cc(C)oc1C. The summed E-state index contributed by atoms with van der Waals surface area (Å²) in [6, 6.07) is 9.42. The number of anilines is 1. The zero-order chi connectivity index (χ0) is 20.7. The summed E-state index contributed by atoms with van der Waals surface area (Å²) in [5, 5.41) is 20.0. The lowest BCUT2D eigenvalue weighted by Gasteiger charge is -2.24. The summed E-state index contributed by atoms with van der Waals surface area (Å²) in [6.45, 7) is 10.3. The number of guanidine groups is 1. The summed E-state index contributed by atoms with van der Waals surface area (Å²) >= 11 is 0. The Morgan fingerprint density at radius 2 is 2.00 bits per heavy atom. The van der Waals surface area contributed by atoms with Crippen LogP contribution >= 0.6 is 0 Å². The molecule has 7 nitrogen and oxygen atoms in total. The van der Waals surface area contributed by atoms with Crippen LogP contribution in [0.4, 0.5) is 5.69 Å². The lowest BCUT2D eigenvalue weighted by atomic mass is 9.96. The van der Waals surface area contributed by atoms with Gasteiger partial charge in [-0.2, -0.15) is 0 Å². The molecular formula is C21H30N4O3. The zero-order valence-electron chi connectivity index (χ0n) is 17.2. The average Bonchev–Trinajstić information content (AvgIpc) is 2.96. The minimum atomic E-state index is -1.09. The molecule has 1 heterocycles. The monoisotopic (exact) mass is 386 g/mol. The number of aliphatic imine (C=N–C) groups is 1. The van der Waals surface area contributed by atoms with Crippen LogP contribution < -0.4 is 16.0 Å². The minimum absolute atomic E-state index is 0.109. The van der Waals surface area contributed by atoms with Crippen molar-refractivity contribution in [3.8, 4) is 0 Å². The molecule has 2 aromatic rings. The van der Waals surface area contributed by atoms with Crippen LogP contribution in [0, 0.1) is 13.8 Å². The van der Waals surface area contributed by atoms with E-state index in [2.05, 4.69) is 20.9 Å². The van der Waals surface area contributed by atoms with Gasteiger partial charge in [0.1, 0.15) is 17.1 Å². The highest BCUT2D eigenvalue weighted by Gasteiger charge is 2.27. The lowest BCUT2D eigenvalue weighted by molar-refractivity contribution is -0.114. The lowest BCUT2D eigenvalue weighted by Crippen LogP contribution is -2.44. The van der Waals surface area contributed by atoms with Gasteiger partial charge in [0, 0.05) is 24.7 Å². The normalized spacial score (nSPS) is 13.7. The number of hydrogen-bond acceptors (Lipinski definition) is 4. The molecule has 0 spiro atoms. The van der Waals surface area contributed by atoms with Gasteiger partial charge in [-0.1, -0.05) is 12.1 Å². The van der Waals surface area contributed by atoms with Crippen LogP contribution in [0.5, 0.6) is 0 Å². The van der Waals surface area contributed by atoms with Gasteiger partial charge in [0.05, 0.1) is 13.1 Å². The molecule has 0 aliphatic rings. The van der Waals surface area contributed by atoms with Gasteiger partial charge in [-0.15, -0.1) is 0 Å². The van der Waals surface area contributed by atoms with Gasteiger partial charge >= 0.3 is 0 Å². The van der Waals surface area contributed by atoms with E-state index >= 15 is 0 Å². The molecule has 7 heteroatoms. The second-order valence-corrected chi connectivity index (χ2v) is 7.03. The standard InChI is InChI=1S/C21H30N4O3/c1-6-22-20(23-12-17-8-7-9-18(11-17)25-16(4)26)24-13-21(5,27)19-10-14(2)28-15(19)3/h7-11,27H,6,12-13H2,1-5H3,(H,25,26)(H2,22,23,24). The third-order valence-electron chi connectivity index (χ3n) is 4.23. The molecule has 4 N–H and O–H groups in total. The molecule has 1 atom stereocenters. The molecule has 152 valence electrons. The van der Waals surface area contributed by atoms with Crippen molar-refractivity contribution in [2.24, 2.45) is 4.99 Å². The van der Waals surface area contributed by atoms with Crippen LogP contribution in [0.3, 0.4) is 0 Å². The van der Waals surface area contributed by atoms with Gasteiger partial charge in [0.2, 0.25) is 5.91 Å². The van der Waals surface area contributed by atoms with E-state index in [0.29, 0.717) is 24.8 Å². The third-order valence-corrected chi connectivity index (χ3v) is 4.23. The van der Waals surface area contributed by atoms with Crippen molar-refractivity contribution in [2.75, 3.05) is 18.4 Å². The topological polar surface area (TPSA) is 98.9 Å². The second kappa shape index (κ2) is 9.41. The highest BCUT2D eigenvalue weighted by atomic mass is 16.3. The van der Waals surface area contributed by atoms with E-state index < -0.39 is 5.60 Å². The highest BCUT2D eigenvalue weighted by Crippen LogP contribution is 2.26. The Bertz CT molecular complexity index is 840. The summed E-state index contributed by atoms with van der Waals surface area (Å²) in [6.07, 6.45) is 0. The predicted octanol–water partition coefficient (Wildman–Crippen LogP) is 2.82. The maximum Gasteiger partial charge on any atom is 0.221 e. The molecule has 0 saturated carbocycles. The number of aliphatic hydroxyl groups is 1. The van der Waals surface area contributed by atoms with E-state index in [-0.39, 0.29) is 12.5 Å². The van der Waals surface area contributed by atoms with Crippen molar-refractivity contribution < 1.29 is 14.3 Å². The average molecular weight is 386 g/mol. The molecule has 0 aliphatic heterocycles. The van der Waals surface area contributed by atoms with Crippen molar-refractivity contribution in [2.45, 2.75) is 46.8 Å². The Kier molecular flexibility index (Phi) is 7.23. The highest BCUT2D eigenvalue weighted by molar-refractivity contribution is 5.88. The quantitative estimate of drug-likeness (QED) is 0.433. The Balaban J connectivity index is 2.06. The van der Waals surface area contributed by atoms with Crippen LogP contribution in [0.15, 0.2) is 39.7 Å². The third kappa shape index (κ3) is 6.13. The van der Waals surface area contributed by atoms with E-state index in [1.54, 1.807) is 6.92 Å². The Morgan fingerprint density at radius 1 is 1.25 bits per heavy atom. The number of carbonyl (C=O) groups is 1. The van der Waals surface area contributed by atoms with Gasteiger partial charge in [-0.05, 0) is 51.5 Å². The summed E-state index contributed by atoms with van der Waals surface area (Å²) in [5.41, 5.74) is 1.38. The maximum absolute atomic E-state index is 11.2. The molecule has 1 aromatic carbocycles. The first-order valence-electron chi connectivity index (χ1n) is 9.40. The number of nitrogens with one attached hydrogen (secondary N) is 3. The summed E-state index contributed by atoms with van der Waals surface area (Å²) in [4.78, 5) is 15.8. The van der Waals surface area contributed by atoms with Crippen LogP contribution in [-0.4, -0.2) is 30.1 Å². The number of carbonyl (C=O) groups excluding carboxylic acids is 1. The van der Waals surface area contributed by atoms with E-state index in [1.807, 2.05) is 51.1 Å². The van der Waals surface area contributed by atoms with Crippen molar-refractivity contribution in [3.05, 3.63) is 53.0 Å². The Morgan fingerprint density at radius 3 is 2.61 bits per heavy atom. The smallest absolute Gasteiger partial charge is 0.221 e. The van der Waals surface area contributed by atoms with E-state index in [0.717, 1.165) is 22.6 Å². The number of nitrogens with zero attached hydrogens (tertiary/aromatic N) is 1. The van der Waals surface area contributed by atoms with Gasteiger partial charge < -0.3 is 25.5 Å². The van der Waals surface area contributed by atoms with Gasteiger partial charge in [-0.25, -0.2) is 4.99 Å². The molecule has 0 radical (unpaired) electrons. The van der Waals surface area contributed by atoms with Crippen LogP contribution in [-0.2, 0) is 16.9 Å². The molecule has 0 fully saturated rings. The molecule has 0 bridgehead atoms. The summed E-state index contributed by atoms with van der Waals surface area (Å²) in [7, 11) is 0. The van der Waals surface area contributed by atoms with E-state index in [4.69, 9.17) is 4.42 Å². The van der Waals surface area contributed by atoms with Crippen LogP contribution in [0.2, 0.25) is 0 Å². The molecule has 1 aromatic heterocycles. The zero-order valence-corrected chi connectivity index (χ0v) is 17.2. The fourth-order valence-electron chi connectivity index (χ4n) is 2.98. The Labute approximate surface area is 166 Å². The van der Waals surface area contributed by atoms with Gasteiger partial charge in [-0.3, -0.25) is 4.79 Å². The van der Waals surface area contributed by atoms with Crippen LogP contribution in [0.25, 0.3) is 0 Å². The molecule has 1 amide bonds. The van der Waals surface area contributed by atoms with Gasteiger partial charge in [0.15, 0.2) is 5.96 Å². The fourth-order valence-corrected chi connectivity index (χ4v) is 2.98. The summed E-state index contributed by atoms with van der Waals surface area (Å²) < 4.78 is 5.54. The number of amides is 1. The molecule has 1 unspecified atom stereocenters. The van der Waals surface area contributed by atoms with Crippen LogP contribution in [0.1, 0.15) is 43.4 Å². The fraction of sp³-hybridized carbons (Fsp3) is 0.429. The first-order valence-corrected chi connectivity index (χ1v) is 9.40. The van der Waals surface area contributed by atoms with E-state index in [9.17, 15) is 9.90 Å². The number of rotatable bonds is 7. The number of hydrogen-bond donors (Lipinski definition) is 4. The summed E-state index contributed by atoms with van der Waals surface area (Å²) in [5.74, 6) is 1.97. The Hall–Kier alpha value is -2.80. The molecular weight excluding hydrogens is 356 g/mol. The number of furan rings is 1. The van der Waals surface area contributed by atoms with E-state index in [1.165, 1.54) is 6.92 Å². The minimum Gasteiger partial charge on any atom is -0.466 e. The number of aryl methyl sites for hydroxylation is 2. The maximum atomic E-state index is 11.2. The second-order valence-electron chi connectivity index (χ2n) is 7.03. The molecule has 2 rings (SSSR count). The molecule has 0 aliphatic carbocycles. The first kappa shape index (κ1) is 21.5. The number of benzene rings is 1. The van der Waals surface area contributed by atoms with Crippen molar-refractivity contribution in [1.82, 2.24) is 10.6 Å². The first-order chi connectivity index (χ1) is 13.2.